The Morgan fingerprint density at radius 2 is 1.88 bits per heavy atom. The van der Waals surface area contributed by atoms with Crippen molar-refractivity contribution in [1.29, 1.82) is 0 Å². The van der Waals surface area contributed by atoms with E-state index in [1.165, 1.54) is 0 Å². The Hall–Kier alpha value is -2.11. The average Bonchev–Trinajstić information content (AvgIpc) is 2.43. The zero-order valence-corrected chi connectivity index (χ0v) is 15.3. The van der Waals surface area contributed by atoms with Crippen LogP contribution < -0.4 is 11.1 Å². The maximum Gasteiger partial charge on any atom is 0.405 e. The molecule has 1 aromatic heterocycles. The largest absolute Gasteiger partial charge is 0.433 e. The van der Waals surface area contributed by atoms with E-state index in [9.17, 15) is 9.59 Å². The summed E-state index contributed by atoms with van der Waals surface area (Å²) in [4.78, 5) is 28.0. The number of hydrogen-bond donors (Lipinski definition) is 2. The van der Waals surface area contributed by atoms with Crippen molar-refractivity contribution in [2.24, 2.45) is 11.7 Å². The Morgan fingerprint density at radius 3 is 2.38 bits per heavy atom. The van der Waals surface area contributed by atoms with E-state index in [-0.39, 0.29) is 5.91 Å². The molecule has 1 atom stereocenters. The Kier molecular flexibility index (Phi) is 7.19. The van der Waals surface area contributed by atoms with Crippen LogP contribution in [0.1, 0.15) is 50.6 Å². The molecule has 24 heavy (non-hydrogen) atoms. The van der Waals surface area contributed by atoms with Crippen LogP contribution in [-0.4, -0.2) is 29.1 Å². The Morgan fingerprint density at radius 1 is 1.29 bits per heavy atom. The first kappa shape index (κ1) is 19.9. The number of ether oxygens (including phenoxy) is 1. The fourth-order valence-corrected chi connectivity index (χ4v) is 2.54. The molecule has 1 unspecified atom stereocenters. The highest BCUT2D eigenvalue weighted by molar-refractivity contribution is 5.87. The Balaban J connectivity index is 2.78. The molecule has 0 fully saturated rings. The van der Waals surface area contributed by atoms with Crippen LogP contribution in [0, 0.1) is 19.8 Å². The van der Waals surface area contributed by atoms with Crippen molar-refractivity contribution in [3.63, 3.8) is 0 Å². The first-order valence-electron chi connectivity index (χ1n) is 8.33. The van der Waals surface area contributed by atoms with Gasteiger partial charge in [0.05, 0.1) is 0 Å². The van der Waals surface area contributed by atoms with E-state index in [0.717, 1.165) is 23.4 Å². The van der Waals surface area contributed by atoms with Gasteiger partial charge in [0.2, 0.25) is 0 Å². The molecule has 0 saturated heterocycles. The summed E-state index contributed by atoms with van der Waals surface area (Å²) >= 11 is 0. The molecule has 0 spiro atoms. The molecular formula is C18H29N3O3. The van der Waals surface area contributed by atoms with E-state index < -0.39 is 11.7 Å². The third-order valence-corrected chi connectivity index (χ3v) is 3.85. The summed E-state index contributed by atoms with van der Waals surface area (Å²) in [6, 6.07) is 3.93. The third-order valence-electron chi connectivity index (χ3n) is 3.85. The molecule has 134 valence electrons. The van der Waals surface area contributed by atoms with Crippen LogP contribution in [0.2, 0.25) is 0 Å². The number of carbonyl (C=O) groups excluding carboxylic acids is 2. The lowest BCUT2D eigenvalue weighted by atomic mass is 9.95. The summed E-state index contributed by atoms with van der Waals surface area (Å²) in [5, 5.41) is 2.83. The second kappa shape index (κ2) is 8.66. The molecule has 6 nitrogen and oxygen atoms in total. The van der Waals surface area contributed by atoms with Gasteiger partial charge in [0.1, 0.15) is 0 Å². The normalized spacial score (nSPS) is 13.4. The van der Waals surface area contributed by atoms with Crippen molar-refractivity contribution in [1.82, 2.24) is 10.3 Å². The highest BCUT2D eigenvalue weighted by Crippen LogP contribution is 2.20. The van der Waals surface area contributed by atoms with Crippen LogP contribution in [0.3, 0.4) is 0 Å². The van der Waals surface area contributed by atoms with Crippen LogP contribution in [0.5, 0.6) is 0 Å². The highest BCUT2D eigenvalue weighted by atomic mass is 16.6. The summed E-state index contributed by atoms with van der Waals surface area (Å²) in [5.41, 5.74) is 6.77. The molecule has 1 heterocycles. The van der Waals surface area contributed by atoms with E-state index >= 15 is 0 Å². The molecule has 0 aliphatic rings. The Bertz CT molecular complexity index is 567. The molecule has 2 amide bonds. The van der Waals surface area contributed by atoms with Gasteiger partial charge in [-0.2, -0.15) is 0 Å². The molecule has 1 aromatic rings. The summed E-state index contributed by atoms with van der Waals surface area (Å²) in [6.07, 6.45) is 0.859. The lowest BCUT2D eigenvalue weighted by molar-refractivity contribution is -0.138. The molecule has 1 rings (SSSR count). The van der Waals surface area contributed by atoms with Crippen molar-refractivity contribution in [3.05, 3.63) is 29.1 Å². The van der Waals surface area contributed by atoms with Gasteiger partial charge in [-0.1, -0.05) is 13.8 Å². The van der Waals surface area contributed by atoms with Crippen LogP contribution >= 0.6 is 0 Å². The fraction of sp³-hybridized carbons (Fsp3) is 0.611. The van der Waals surface area contributed by atoms with Gasteiger partial charge >= 0.3 is 6.09 Å². The highest BCUT2D eigenvalue weighted by Gasteiger charge is 2.36. The van der Waals surface area contributed by atoms with Crippen molar-refractivity contribution >= 4 is 12.0 Å². The lowest BCUT2D eigenvalue weighted by Crippen LogP contribution is -2.49. The van der Waals surface area contributed by atoms with Gasteiger partial charge in [-0.05, 0) is 57.2 Å². The number of aryl methyl sites for hydroxylation is 3. The number of nitrogens with zero attached hydrogens (tertiary/aromatic N) is 1. The van der Waals surface area contributed by atoms with Gasteiger partial charge in [0.25, 0.3) is 5.91 Å². The standard InChI is InChI=1S/C18H29N3O3/c1-12(2)7-9-20-16(22)18(5,24-17(19)23)8-6-15-10-13(3)21-14(4)11-15/h10-12H,6-9H2,1-5H3,(H2,19,23)(H,20,22). The second-order valence-corrected chi connectivity index (χ2v) is 6.85. The fourth-order valence-electron chi connectivity index (χ4n) is 2.54. The van der Waals surface area contributed by atoms with E-state index in [4.69, 9.17) is 10.5 Å². The van der Waals surface area contributed by atoms with Crippen molar-refractivity contribution in [3.8, 4) is 0 Å². The van der Waals surface area contributed by atoms with Crippen LogP contribution in [-0.2, 0) is 16.0 Å². The first-order chi connectivity index (χ1) is 11.1. The monoisotopic (exact) mass is 335 g/mol. The minimum Gasteiger partial charge on any atom is -0.433 e. The maximum atomic E-state index is 12.5. The second-order valence-electron chi connectivity index (χ2n) is 6.85. The first-order valence-corrected chi connectivity index (χ1v) is 8.33. The summed E-state index contributed by atoms with van der Waals surface area (Å²) in [6.45, 7) is 10.2. The third kappa shape index (κ3) is 6.56. The smallest absolute Gasteiger partial charge is 0.405 e. The maximum absolute atomic E-state index is 12.5. The number of primary amides is 1. The van der Waals surface area contributed by atoms with E-state index in [1.54, 1.807) is 6.92 Å². The predicted molar refractivity (Wildman–Crippen MR) is 93.6 cm³/mol. The molecule has 0 aliphatic heterocycles. The van der Waals surface area contributed by atoms with Crippen LogP contribution in [0.25, 0.3) is 0 Å². The summed E-state index contributed by atoms with van der Waals surface area (Å²) in [7, 11) is 0. The van der Waals surface area contributed by atoms with Gasteiger partial charge in [-0.25, -0.2) is 4.79 Å². The summed E-state index contributed by atoms with van der Waals surface area (Å²) < 4.78 is 5.15. The van der Waals surface area contributed by atoms with Gasteiger partial charge < -0.3 is 15.8 Å². The predicted octanol–water partition coefficient (Wildman–Crippen LogP) is 2.65. The number of nitrogens with one attached hydrogen (secondary N) is 1. The minimum atomic E-state index is -1.28. The number of rotatable bonds is 8. The van der Waals surface area contributed by atoms with Crippen LogP contribution in [0.15, 0.2) is 12.1 Å². The SMILES string of the molecule is Cc1cc(CCC(C)(OC(N)=O)C(=O)NCCC(C)C)cc(C)n1. The zero-order valence-electron chi connectivity index (χ0n) is 15.3. The molecule has 0 bridgehead atoms. The number of carbonyl (C=O) groups is 2. The molecule has 0 saturated carbocycles. The lowest BCUT2D eigenvalue weighted by Gasteiger charge is -2.27. The van der Waals surface area contributed by atoms with Crippen molar-refractivity contribution < 1.29 is 14.3 Å². The number of hydrogen-bond acceptors (Lipinski definition) is 4. The molecule has 6 heteroatoms. The van der Waals surface area contributed by atoms with E-state index in [0.29, 0.717) is 25.3 Å². The Labute approximate surface area is 144 Å². The summed E-state index contributed by atoms with van der Waals surface area (Å²) in [5.74, 6) is 0.167. The van der Waals surface area contributed by atoms with Gasteiger partial charge in [0.15, 0.2) is 5.60 Å². The topological polar surface area (TPSA) is 94.3 Å². The molecule has 0 radical (unpaired) electrons. The van der Waals surface area contributed by atoms with E-state index in [2.05, 4.69) is 24.1 Å². The van der Waals surface area contributed by atoms with Crippen molar-refractivity contribution in [2.75, 3.05) is 6.54 Å². The number of amides is 2. The molecule has 3 N–H and O–H groups in total. The van der Waals surface area contributed by atoms with Crippen LogP contribution in [0.4, 0.5) is 4.79 Å². The molecule has 0 aliphatic carbocycles. The number of nitrogens with two attached hydrogens (primary N) is 1. The zero-order chi connectivity index (χ0) is 18.3. The van der Waals surface area contributed by atoms with Gasteiger partial charge in [-0.15, -0.1) is 0 Å². The quantitative estimate of drug-likeness (QED) is 0.763. The van der Waals surface area contributed by atoms with Gasteiger partial charge in [-0.3, -0.25) is 9.78 Å². The van der Waals surface area contributed by atoms with E-state index in [1.807, 2.05) is 26.0 Å². The van der Waals surface area contributed by atoms with Crippen molar-refractivity contribution in [2.45, 2.75) is 59.5 Å². The molecular weight excluding hydrogens is 306 g/mol. The molecule has 0 aromatic carbocycles. The number of aromatic nitrogens is 1. The minimum absolute atomic E-state index is 0.315. The number of pyridine rings is 1. The average molecular weight is 335 g/mol. The van der Waals surface area contributed by atoms with Gasteiger partial charge in [0, 0.05) is 24.4 Å².